The number of aliphatic imine (C=N–C) groups is 1. The second-order valence-corrected chi connectivity index (χ2v) is 7.65. The number of carbonyl (C=O) groups excluding carboxylic acids is 1. The minimum Gasteiger partial charge on any atom is -0.268 e. The molecule has 0 bridgehead atoms. The number of hydrogen-bond acceptors (Lipinski definition) is 4. The average molecular weight is 436 g/mol. The molecule has 1 aliphatic rings. The van der Waals surface area contributed by atoms with Crippen LogP contribution in [0.25, 0.3) is 6.08 Å². The summed E-state index contributed by atoms with van der Waals surface area (Å²) >= 11 is 4.78. The summed E-state index contributed by atoms with van der Waals surface area (Å²) in [5.74, 6) is 0.474. The van der Waals surface area contributed by atoms with Gasteiger partial charge in [0.2, 0.25) is 0 Å². The molecular weight excluding hydrogens is 422 g/mol. The van der Waals surface area contributed by atoms with Crippen LogP contribution in [0, 0.1) is 0 Å². The highest BCUT2D eigenvalue weighted by atomic mass is 79.9. The molecule has 27 heavy (non-hydrogen) atoms. The number of amides is 1. The SMILES string of the molecule is O=C1/C(=C/c2ccc(Br)cc2)S/C(=N/c2ccccn2)N1c1ccccc1. The maximum absolute atomic E-state index is 13.1. The minimum absolute atomic E-state index is 0.0937. The third-order valence-corrected chi connectivity index (χ3v) is 5.35. The van der Waals surface area contributed by atoms with E-state index in [2.05, 4.69) is 25.9 Å². The molecule has 1 saturated heterocycles. The first-order valence-corrected chi connectivity index (χ1v) is 9.86. The van der Waals surface area contributed by atoms with Crippen LogP contribution in [-0.4, -0.2) is 16.1 Å². The number of para-hydroxylation sites is 1. The molecule has 0 spiro atoms. The number of pyridine rings is 1. The fraction of sp³-hybridized carbons (Fsp3) is 0. The topological polar surface area (TPSA) is 45.6 Å². The highest BCUT2D eigenvalue weighted by Gasteiger charge is 2.34. The molecule has 0 aliphatic carbocycles. The molecule has 2 aromatic carbocycles. The van der Waals surface area contributed by atoms with Crippen molar-refractivity contribution in [2.45, 2.75) is 0 Å². The third-order valence-electron chi connectivity index (χ3n) is 3.85. The molecule has 2 heterocycles. The standard InChI is InChI=1S/C21H14BrN3OS/c22-16-11-9-15(10-12-16)14-18-20(26)25(17-6-2-1-3-7-17)21(27-18)24-19-8-4-5-13-23-19/h1-14H/b18-14-,24-21+. The van der Waals surface area contributed by atoms with Crippen molar-refractivity contribution in [3.8, 4) is 0 Å². The second-order valence-electron chi connectivity index (χ2n) is 5.72. The van der Waals surface area contributed by atoms with Gasteiger partial charge in [-0.15, -0.1) is 0 Å². The van der Waals surface area contributed by atoms with Gasteiger partial charge in [-0.2, -0.15) is 0 Å². The Morgan fingerprint density at radius 3 is 2.41 bits per heavy atom. The van der Waals surface area contributed by atoms with Gasteiger partial charge in [0.25, 0.3) is 5.91 Å². The molecule has 0 saturated carbocycles. The zero-order valence-electron chi connectivity index (χ0n) is 14.1. The fourth-order valence-electron chi connectivity index (χ4n) is 2.58. The maximum atomic E-state index is 13.1. The Kier molecular flexibility index (Phi) is 5.18. The molecule has 0 N–H and O–H groups in total. The molecule has 1 aliphatic heterocycles. The van der Waals surface area contributed by atoms with E-state index in [9.17, 15) is 4.79 Å². The first-order valence-electron chi connectivity index (χ1n) is 8.25. The molecule has 4 nitrogen and oxygen atoms in total. The van der Waals surface area contributed by atoms with Gasteiger partial charge >= 0.3 is 0 Å². The first-order chi connectivity index (χ1) is 13.2. The van der Waals surface area contributed by atoms with Crippen molar-refractivity contribution in [2.75, 3.05) is 4.90 Å². The predicted molar refractivity (Wildman–Crippen MR) is 115 cm³/mol. The van der Waals surface area contributed by atoms with E-state index >= 15 is 0 Å². The molecule has 1 amide bonds. The fourth-order valence-corrected chi connectivity index (χ4v) is 3.84. The van der Waals surface area contributed by atoms with E-state index in [1.807, 2.05) is 78.9 Å². The van der Waals surface area contributed by atoms with Crippen molar-refractivity contribution in [3.63, 3.8) is 0 Å². The van der Waals surface area contributed by atoms with Gasteiger partial charge in [-0.05, 0) is 59.8 Å². The molecule has 132 valence electrons. The molecule has 0 atom stereocenters. The van der Waals surface area contributed by atoms with E-state index < -0.39 is 0 Å². The Balaban J connectivity index is 1.76. The summed E-state index contributed by atoms with van der Waals surface area (Å²) in [6.45, 7) is 0. The largest absolute Gasteiger partial charge is 0.271 e. The number of halogens is 1. The lowest BCUT2D eigenvalue weighted by atomic mass is 10.2. The summed E-state index contributed by atoms with van der Waals surface area (Å²) in [4.78, 5) is 24.2. The molecular formula is C21H14BrN3OS. The van der Waals surface area contributed by atoms with E-state index in [0.29, 0.717) is 15.9 Å². The Morgan fingerprint density at radius 1 is 0.963 bits per heavy atom. The Morgan fingerprint density at radius 2 is 1.70 bits per heavy atom. The van der Waals surface area contributed by atoms with Gasteiger partial charge in [-0.3, -0.25) is 9.69 Å². The number of amidine groups is 1. The van der Waals surface area contributed by atoms with E-state index in [1.165, 1.54) is 11.8 Å². The summed E-state index contributed by atoms with van der Waals surface area (Å²) in [7, 11) is 0. The highest BCUT2D eigenvalue weighted by Crippen LogP contribution is 2.37. The first kappa shape index (κ1) is 17.7. The van der Waals surface area contributed by atoms with Crippen molar-refractivity contribution in [1.29, 1.82) is 0 Å². The van der Waals surface area contributed by atoms with Crippen molar-refractivity contribution in [2.24, 2.45) is 4.99 Å². The monoisotopic (exact) mass is 435 g/mol. The van der Waals surface area contributed by atoms with Gasteiger partial charge in [0.05, 0.1) is 10.6 Å². The molecule has 6 heteroatoms. The smallest absolute Gasteiger partial charge is 0.268 e. The zero-order chi connectivity index (χ0) is 18.6. The van der Waals surface area contributed by atoms with Gasteiger partial charge in [0.1, 0.15) is 0 Å². The van der Waals surface area contributed by atoms with Crippen molar-refractivity contribution < 1.29 is 4.79 Å². The van der Waals surface area contributed by atoms with Crippen LogP contribution in [0.3, 0.4) is 0 Å². The number of hydrogen-bond donors (Lipinski definition) is 0. The lowest BCUT2D eigenvalue weighted by Gasteiger charge is -2.15. The van der Waals surface area contributed by atoms with Gasteiger partial charge < -0.3 is 0 Å². The summed E-state index contributed by atoms with van der Waals surface area (Å²) in [5.41, 5.74) is 1.74. The number of anilines is 1. The lowest BCUT2D eigenvalue weighted by Crippen LogP contribution is -2.28. The van der Waals surface area contributed by atoms with Crippen LogP contribution in [0.5, 0.6) is 0 Å². The lowest BCUT2D eigenvalue weighted by molar-refractivity contribution is -0.113. The van der Waals surface area contributed by atoms with Gasteiger partial charge in [0, 0.05) is 10.7 Å². The van der Waals surface area contributed by atoms with Crippen LogP contribution < -0.4 is 4.90 Å². The van der Waals surface area contributed by atoms with Gasteiger partial charge in [-0.1, -0.05) is 52.3 Å². The van der Waals surface area contributed by atoms with Crippen LogP contribution in [0.2, 0.25) is 0 Å². The van der Waals surface area contributed by atoms with Crippen molar-refractivity contribution >= 4 is 56.3 Å². The van der Waals surface area contributed by atoms with E-state index in [4.69, 9.17) is 0 Å². The second kappa shape index (κ2) is 7.90. The Bertz CT molecular complexity index is 1020. The molecule has 1 aromatic heterocycles. The Labute approximate surface area is 169 Å². The number of benzene rings is 2. The molecule has 1 fully saturated rings. The number of aromatic nitrogens is 1. The number of thioether (sulfide) groups is 1. The number of nitrogens with zero attached hydrogens (tertiary/aromatic N) is 3. The Hall–Kier alpha value is -2.70. The van der Waals surface area contributed by atoms with Crippen molar-refractivity contribution in [1.82, 2.24) is 4.98 Å². The van der Waals surface area contributed by atoms with Gasteiger partial charge in [-0.25, -0.2) is 9.98 Å². The van der Waals surface area contributed by atoms with E-state index in [1.54, 1.807) is 11.1 Å². The summed E-state index contributed by atoms with van der Waals surface area (Å²) in [6, 6.07) is 22.9. The number of rotatable bonds is 3. The molecule has 0 radical (unpaired) electrons. The van der Waals surface area contributed by atoms with Crippen LogP contribution in [0.4, 0.5) is 11.5 Å². The molecule has 4 rings (SSSR count). The zero-order valence-corrected chi connectivity index (χ0v) is 16.5. The molecule has 3 aromatic rings. The maximum Gasteiger partial charge on any atom is 0.271 e. The highest BCUT2D eigenvalue weighted by molar-refractivity contribution is 9.10. The van der Waals surface area contributed by atoms with Crippen LogP contribution >= 0.6 is 27.7 Å². The average Bonchev–Trinajstić information content (AvgIpc) is 3.00. The summed E-state index contributed by atoms with van der Waals surface area (Å²) < 4.78 is 0.998. The quantitative estimate of drug-likeness (QED) is 0.499. The third kappa shape index (κ3) is 4.02. The van der Waals surface area contributed by atoms with E-state index in [0.717, 1.165) is 15.7 Å². The molecule has 0 unspecified atom stereocenters. The summed E-state index contributed by atoms with van der Waals surface area (Å²) in [6.07, 6.45) is 3.57. The summed E-state index contributed by atoms with van der Waals surface area (Å²) in [5, 5.41) is 0.591. The van der Waals surface area contributed by atoms with E-state index in [-0.39, 0.29) is 5.91 Å². The van der Waals surface area contributed by atoms with Crippen molar-refractivity contribution in [3.05, 3.63) is 93.9 Å². The van der Waals surface area contributed by atoms with Crippen LogP contribution in [0.1, 0.15) is 5.56 Å². The predicted octanol–water partition coefficient (Wildman–Crippen LogP) is 5.65. The van der Waals surface area contributed by atoms with Gasteiger partial charge in [0.15, 0.2) is 11.0 Å². The van der Waals surface area contributed by atoms with Crippen LogP contribution in [0.15, 0.2) is 93.4 Å². The minimum atomic E-state index is -0.0937. The number of carbonyl (C=O) groups is 1. The normalized spacial score (nSPS) is 17.1. The van der Waals surface area contributed by atoms with Crippen LogP contribution in [-0.2, 0) is 4.79 Å².